The van der Waals surface area contributed by atoms with Crippen LogP contribution in [0.3, 0.4) is 0 Å². The molecular weight excluding hydrogens is 320 g/mol. The van der Waals surface area contributed by atoms with E-state index in [1.165, 1.54) is 4.68 Å². The number of nitrogens with zero attached hydrogens (tertiary/aromatic N) is 3. The molecule has 132 valence electrons. The fourth-order valence-electron chi connectivity index (χ4n) is 2.89. The summed E-state index contributed by atoms with van der Waals surface area (Å²) in [6.45, 7) is 4.47. The van der Waals surface area contributed by atoms with Gasteiger partial charge >= 0.3 is 0 Å². The number of carbonyl (C=O) groups excluding carboxylic acids is 1. The van der Waals surface area contributed by atoms with E-state index in [0.717, 1.165) is 36.1 Å². The number of hydrogen-bond donors (Lipinski definition) is 1. The van der Waals surface area contributed by atoms with Crippen molar-refractivity contribution < 1.29 is 9.53 Å². The molecule has 0 unspecified atom stereocenters. The molecule has 7 nitrogen and oxygen atoms in total. The third-order valence-corrected chi connectivity index (χ3v) is 4.29. The van der Waals surface area contributed by atoms with Gasteiger partial charge in [0.2, 0.25) is 11.8 Å². The van der Waals surface area contributed by atoms with Gasteiger partial charge in [0.1, 0.15) is 6.04 Å². The Morgan fingerprint density at radius 1 is 1.40 bits per heavy atom. The van der Waals surface area contributed by atoms with Crippen molar-refractivity contribution >= 4 is 5.91 Å². The van der Waals surface area contributed by atoms with Crippen LogP contribution in [0.25, 0.3) is 0 Å². The van der Waals surface area contributed by atoms with Crippen molar-refractivity contribution in [3.8, 4) is 5.88 Å². The number of pyridine rings is 1. The second-order valence-corrected chi connectivity index (χ2v) is 6.08. The van der Waals surface area contributed by atoms with E-state index in [9.17, 15) is 9.59 Å². The monoisotopic (exact) mass is 342 g/mol. The third kappa shape index (κ3) is 3.87. The van der Waals surface area contributed by atoms with Crippen molar-refractivity contribution in [1.29, 1.82) is 0 Å². The molecule has 25 heavy (non-hydrogen) atoms. The van der Waals surface area contributed by atoms with Gasteiger partial charge in [-0.3, -0.25) is 9.59 Å². The van der Waals surface area contributed by atoms with E-state index in [0.29, 0.717) is 19.0 Å². The lowest BCUT2D eigenvalue weighted by Crippen LogP contribution is -2.37. The average molecular weight is 342 g/mol. The summed E-state index contributed by atoms with van der Waals surface area (Å²) < 4.78 is 6.56. The zero-order valence-electron chi connectivity index (χ0n) is 14.5. The number of aromatic nitrogens is 3. The van der Waals surface area contributed by atoms with Gasteiger partial charge in [-0.05, 0) is 44.2 Å². The Morgan fingerprint density at radius 2 is 2.24 bits per heavy atom. The summed E-state index contributed by atoms with van der Waals surface area (Å²) in [4.78, 5) is 28.7. The Morgan fingerprint density at radius 3 is 2.96 bits per heavy atom. The molecule has 1 aliphatic carbocycles. The minimum Gasteiger partial charge on any atom is -0.478 e. The van der Waals surface area contributed by atoms with E-state index in [-0.39, 0.29) is 11.5 Å². The number of carbonyl (C=O) groups is 1. The summed E-state index contributed by atoms with van der Waals surface area (Å²) in [5.74, 6) is 0.307. The van der Waals surface area contributed by atoms with Crippen LogP contribution in [0.5, 0.6) is 5.88 Å². The Balaban J connectivity index is 1.64. The molecule has 0 bridgehead atoms. The fourth-order valence-corrected chi connectivity index (χ4v) is 2.89. The van der Waals surface area contributed by atoms with E-state index in [4.69, 9.17) is 4.74 Å². The molecule has 0 aliphatic heterocycles. The maximum atomic E-state index is 12.4. The van der Waals surface area contributed by atoms with Crippen molar-refractivity contribution in [2.75, 3.05) is 6.61 Å². The van der Waals surface area contributed by atoms with Crippen LogP contribution in [0.15, 0.2) is 29.2 Å². The van der Waals surface area contributed by atoms with Gasteiger partial charge in [0.15, 0.2) is 0 Å². The largest absolute Gasteiger partial charge is 0.478 e. The maximum Gasteiger partial charge on any atom is 0.267 e. The van der Waals surface area contributed by atoms with E-state index in [1.54, 1.807) is 25.3 Å². The van der Waals surface area contributed by atoms with Crippen molar-refractivity contribution in [1.82, 2.24) is 20.1 Å². The molecule has 7 heteroatoms. The molecule has 2 aromatic rings. The standard InChI is InChI=1S/C18H22N4O3/c1-3-25-16-8-7-13(10-19-16)11-20-18(24)12(2)22-17(23)9-14-5-4-6-15(14)21-22/h7-10,12H,3-6,11H2,1-2H3,(H,20,24)/t12-/m0/s1. The fraction of sp³-hybridized carbons (Fsp3) is 0.444. The molecule has 2 aromatic heterocycles. The number of ether oxygens (including phenoxy) is 1. The van der Waals surface area contributed by atoms with Crippen molar-refractivity contribution in [3.05, 3.63) is 51.6 Å². The molecule has 2 heterocycles. The highest BCUT2D eigenvalue weighted by Crippen LogP contribution is 2.18. The minimum atomic E-state index is -0.658. The first kappa shape index (κ1) is 17.1. The van der Waals surface area contributed by atoms with Crippen LogP contribution in [-0.4, -0.2) is 27.3 Å². The van der Waals surface area contributed by atoms with Crippen LogP contribution < -0.4 is 15.6 Å². The topological polar surface area (TPSA) is 86.1 Å². The SMILES string of the molecule is CCOc1ccc(CNC(=O)[C@H](C)n2nc3c(cc2=O)CCC3)cn1. The van der Waals surface area contributed by atoms with E-state index in [1.807, 2.05) is 13.0 Å². The number of nitrogens with one attached hydrogen (secondary N) is 1. The molecule has 0 fully saturated rings. The Hall–Kier alpha value is -2.70. The smallest absolute Gasteiger partial charge is 0.267 e. The highest BCUT2D eigenvalue weighted by atomic mass is 16.5. The lowest BCUT2D eigenvalue weighted by molar-refractivity contribution is -0.124. The van der Waals surface area contributed by atoms with Gasteiger partial charge in [0.05, 0.1) is 12.3 Å². The first-order chi connectivity index (χ1) is 12.1. The van der Waals surface area contributed by atoms with Gasteiger partial charge in [-0.2, -0.15) is 5.10 Å². The van der Waals surface area contributed by atoms with Gasteiger partial charge in [-0.15, -0.1) is 0 Å². The molecule has 1 atom stereocenters. The van der Waals surface area contributed by atoms with E-state index >= 15 is 0 Å². The lowest BCUT2D eigenvalue weighted by Gasteiger charge is -2.15. The van der Waals surface area contributed by atoms with Crippen molar-refractivity contribution in [2.45, 2.75) is 45.7 Å². The van der Waals surface area contributed by atoms with Crippen LogP contribution in [-0.2, 0) is 24.2 Å². The second kappa shape index (κ2) is 7.46. The number of aryl methyl sites for hydroxylation is 2. The lowest BCUT2D eigenvalue weighted by atomic mass is 10.2. The summed E-state index contributed by atoms with van der Waals surface area (Å²) in [6.07, 6.45) is 4.43. The zero-order valence-corrected chi connectivity index (χ0v) is 14.5. The third-order valence-electron chi connectivity index (χ3n) is 4.29. The van der Waals surface area contributed by atoms with Crippen LogP contribution in [0, 0.1) is 0 Å². The number of fused-ring (bicyclic) bond motifs is 1. The van der Waals surface area contributed by atoms with Crippen LogP contribution in [0.4, 0.5) is 0 Å². The summed E-state index contributed by atoms with van der Waals surface area (Å²) in [7, 11) is 0. The molecule has 1 N–H and O–H groups in total. The second-order valence-electron chi connectivity index (χ2n) is 6.08. The number of hydrogen-bond acceptors (Lipinski definition) is 5. The molecular formula is C18H22N4O3. The Bertz CT molecular complexity index is 814. The van der Waals surface area contributed by atoms with Gasteiger partial charge in [-0.25, -0.2) is 9.67 Å². The van der Waals surface area contributed by atoms with Gasteiger partial charge < -0.3 is 10.1 Å². The van der Waals surface area contributed by atoms with Crippen molar-refractivity contribution in [2.24, 2.45) is 0 Å². The van der Waals surface area contributed by atoms with Crippen LogP contribution in [0.2, 0.25) is 0 Å². The average Bonchev–Trinajstić information content (AvgIpc) is 3.07. The molecule has 0 saturated heterocycles. The molecule has 3 rings (SSSR count). The normalized spacial score (nSPS) is 14.0. The quantitative estimate of drug-likeness (QED) is 0.858. The zero-order chi connectivity index (χ0) is 17.8. The summed E-state index contributed by atoms with van der Waals surface area (Å²) in [5, 5.41) is 7.20. The summed E-state index contributed by atoms with van der Waals surface area (Å²) >= 11 is 0. The molecule has 0 aromatic carbocycles. The number of amides is 1. The molecule has 0 saturated carbocycles. The minimum absolute atomic E-state index is 0.231. The van der Waals surface area contributed by atoms with E-state index in [2.05, 4.69) is 15.4 Å². The van der Waals surface area contributed by atoms with Gasteiger partial charge in [-0.1, -0.05) is 6.07 Å². The molecule has 0 radical (unpaired) electrons. The maximum absolute atomic E-state index is 12.4. The molecule has 1 amide bonds. The first-order valence-electron chi connectivity index (χ1n) is 8.55. The predicted molar refractivity (Wildman–Crippen MR) is 92.5 cm³/mol. The predicted octanol–water partition coefficient (Wildman–Crippen LogP) is 1.40. The molecule has 0 spiro atoms. The summed E-state index contributed by atoms with van der Waals surface area (Å²) in [5.41, 5.74) is 2.56. The van der Waals surface area contributed by atoms with Crippen molar-refractivity contribution in [3.63, 3.8) is 0 Å². The highest BCUT2D eigenvalue weighted by Gasteiger charge is 2.21. The number of rotatable bonds is 6. The van der Waals surface area contributed by atoms with Crippen LogP contribution in [0.1, 0.15) is 43.1 Å². The highest BCUT2D eigenvalue weighted by molar-refractivity contribution is 5.79. The molecule has 1 aliphatic rings. The van der Waals surface area contributed by atoms with E-state index < -0.39 is 6.04 Å². The Kier molecular flexibility index (Phi) is 5.11. The Labute approximate surface area is 146 Å². The van der Waals surface area contributed by atoms with Crippen LogP contribution >= 0.6 is 0 Å². The summed E-state index contributed by atoms with van der Waals surface area (Å²) in [6, 6.07) is 4.56. The van der Waals surface area contributed by atoms with Gasteiger partial charge in [0, 0.05) is 24.9 Å². The first-order valence-corrected chi connectivity index (χ1v) is 8.55. The van der Waals surface area contributed by atoms with Gasteiger partial charge in [0.25, 0.3) is 5.56 Å².